The minimum Gasteiger partial charge on any atom is -0.453 e. The first kappa shape index (κ1) is 17.0. The van der Waals surface area contributed by atoms with Crippen molar-refractivity contribution in [3.05, 3.63) is 70.3 Å². The number of pyridine rings is 1. The molecular formula is C21H19BrN2O2. The fraction of sp³-hybridized carbons (Fsp3) is 0.238. The van der Waals surface area contributed by atoms with E-state index in [2.05, 4.69) is 44.4 Å². The Kier molecular flexibility index (Phi) is 4.19. The van der Waals surface area contributed by atoms with E-state index in [9.17, 15) is 4.79 Å². The highest BCUT2D eigenvalue weighted by molar-refractivity contribution is 9.10. The van der Waals surface area contributed by atoms with E-state index < -0.39 is 11.6 Å². The molecule has 1 N–H and O–H groups in total. The molecule has 1 fully saturated rings. The Morgan fingerprint density at radius 1 is 1.15 bits per heavy atom. The maximum atomic E-state index is 12.5. The summed E-state index contributed by atoms with van der Waals surface area (Å²) in [4.78, 5) is 17.0. The number of benzene rings is 2. The lowest BCUT2D eigenvalue weighted by Crippen LogP contribution is -2.25. The summed E-state index contributed by atoms with van der Waals surface area (Å²) in [5.74, 6) is 0.428. The molecule has 4 nitrogen and oxygen atoms in total. The number of anilines is 1. The molecular weight excluding hydrogens is 392 g/mol. The normalized spacial score (nSPS) is 22.4. The van der Waals surface area contributed by atoms with Gasteiger partial charge in [-0.2, -0.15) is 0 Å². The van der Waals surface area contributed by atoms with Crippen LogP contribution < -0.4 is 5.32 Å². The zero-order valence-corrected chi connectivity index (χ0v) is 16.2. The quantitative estimate of drug-likeness (QED) is 0.620. The summed E-state index contributed by atoms with van der Waals surface area (Å²) in [5.41, 5.74) is 1.24. The summed E-state index contributed by atoms with van der Waals surface area (Å²) in [5, 5.41) is 5.48. The summed E-state index contributed by atoms with van der Waals surface area (Å²) < 4.78 is 6.79. The lowest BCUT2D eigenvalue weighted by molar-refractivity contribution is -0.148. The molecule has 0 saturated carbocycles. The highest BCUT2D eigenvalue weighted by Gasteiger charge is 2.45. The summed E-state index contributed by atoms with van der Waals surface area (Å²) in [6, 6.07) is 17.7. The van der Waals surface area contributed by atoms with E-state index >= 15 is 0 Å². The number of nitrogens with one attached hydrogen (secondary N) is 1. The Morgan fingerprint density at radius 2 is 1.92 bits per heavy atom. The van der Waals surface area contributed by atoms with Gasteiger partial charge in [-0.25, -0.2) is 9.78 Å². The second-order valence-electron chi connectivity index (χ2n) is 6.84. The molecule has 26 heavy (non-hydrogen) atoms. The van der Waals surface area contributed by atoms with Gasteiger partial charge < -0.3 is 10.1 Å². The van der Waals surface area contributed by atoms with Gasteiger partial charge in [-0.3, -0.25) is 0 Å². The Bertz CT molecular complexity index is 999. The van der Waals surface area contributed by atoms with Crippen LogP contribution in [0.1, 0.15) is 24.6 Å². The van der Waals surface area contributed by atoms with Gasteiger partial charge in [0.15, 0.2) is 0 Å². The van der Waals surface area contributed by atoms with Gasteiger partial charge in [0.1, 0.15) is 17.5 Å². The molecule has 1 aliphatic heterocycles. The van der Waals surface area contributed by atoms with E-state index in [1.165, 1.54) is 0 Å². The first-order valence-electron chi connectivity index (χ1n) is 8.57. The van der Waals surface area contributed by atoms with Gasteiger partial charge >= 0.3 is 5.97 Å². The average molecular weight is 411 g/mol. The van der Waals surface area contributed by atoms with E-state index in [1.807, 2.05) is 50.2 Å². The highest BCUT2D eigenvalue weighted by Crippen LogP contribution is 2.40. The van der Waals surface area contributed by atoms with Gasteiger partial charge in [-0.05, 0) is 52.7 Å². The number of carbonyl (C=O) groups is 1. The van der Waals surface area contributed by atoms with Crippen molar-refractivity contribution in [3.63, 3.8) is 0 Å². The zero-order valence-electron chi connectivity index (χ0n) is 14.6. The van der Waals surface area contributed by atoms with Crippen LogP contribution >= 0.6 is 15.9 Å². The third-order valence-electron chi connectivity index (χ3n) is 4.91. The number of aryl methyl sites for hydroxylation is 1. The maximum Gasteiger partial charge on any atom is 0.329 e. The molecule has 3 aromatic rings. The van der Waals surface area contributed by atoms with Crippen LogP contribution in [0.25, 0.3) is 10.8 Å². The van der Waals surface area contributed by atoms with Crippen molar-refractivity contribution in [2.24, 2.45) is 0 Å². The summed E-state index contributed by atoms with van der Waals surface area (Å²) in [6.07, 6.45) is 0.552. The van der Waals surface area contributed by atoms with Crippen LogP contribution in [0.2, 0.25) is 0 Å². The third-order valence-corrected chi connectivity index (χ3v) is 5.74. The van der Waals surface area contributed by atoms with Crippen molar-refractivity contribution >= 4 is 38.5 Å². The number of fused-ring (bicyclic) bond motifs is 1. The Morgan fingerprint density at radius 3 is 2.73 bits per heavy atom. The molecule has 0 bridgehead atoms. The fourth-order valence-corrected chi connectivity index (χ4v) is 3.79. The molecule has 4 rings (SSSR count). The first-order chi connectivity index (χ1) is 12.5. The number of aromatic nitrogens is 1. The molecule has 1 aromatic heterocycles. The molecule has 0 amide bonds. The first-order valence-corrected chi connectivity index (χ1v) is 9.36. The van der Waals surface area contributed by atoms with E-state index in [4.69, 9.17) is 4.74 Å². The number of nitrogens with zero attached hydrogens (tertiary/aromatic N) is 1. The van der Waals surface area contributed by atoms with E-state index in [0.29, 0.717) is 12.2 Å². The van der Waals surface area contributed by atoms with Crippen molar-refractivity contribution in [1.82, 2.24) is 4.98 Å². The van der Waals surface area contributed by atoms with Crippen LogP contribution in [-0.4, -0.2) is 17.0 Å². The minimum atomic E-state index is -0.667. The number of rotatable bonds is 3. The van der Waals surface area contributed by atoms with Crippen LogP contribution in [0, 0.1) is 6.92 Å². The molecule has 2 atom stereocenters. The van der Waals surface area contributed by atoms with Gasteiger partial charge in [0.05, 0.1) is 5.69 Å². The van der Waals surface area contributed by atoms with Crippen molar-refractivity contribution in [1.29, 1.82) is 0 Å². The predicted octanol–water partition coefficient (Wildman–Crippen LogP) is 4.95. The van der Waals surface area contributed by atoms with Gasteiger partial charge in [0.25, 0.3) is 0 Å². The second kappa shape index (κ2) is 6.40. The van der Waals surface area contributed by atoms with Crippen molar-refractivity contribution in [2.75, 3.05) is 5.32 Å². The van der Waals surface area contributed by atoms with Gasteiger partial charge in [0.2, 0.25) is 0 Å². The van der Waals surface area contributed by atoms with Crippen LogP contribution in [-0.2, 0) is 15.1 Å². The van der Waals surface area contributed by atoms with Gasteiger partial charge in [-0.1, -0.05) is 42.5 Å². The minimum absolute atomic E-state index is 0.247. The number of ether oxygens (including phenoxy) is 1. The molecule has 2 aromatic carbocycles. The molecule has 2 unspecified atom stereocenters. The van der Waals surface area contributed by atoms with E-state index in [1.54, 1.807) is 0 Å². The molecule has 5 heteroatoms. The van der Waals surface area contributed by atoms with Gasteiger partial charge in [-0.15, -0.1) is 0 Å². The standard InChI is InChI=1S/C21H19BrN2O2/c1-13-17(22)10-11-19(23-13)24-18-12-21(2,26-20(18)25)16-9-5-7-14-6-3-4-8-15(14)16/h3-11,18H,12H2,1-2H3,(H,23,24). The Labute approximate surface area is 160 Å². The SMILES string of the molecule is Cc1nc(NC2CC(C)(c3cccc4ccccc34)OC2=O)ccc1Br. The molecule has 2 heterocycles. The zero-order chi connectivity index (χ0) is 18.3. The van der Waals surface area contributed by atoms with E-state index in [-0.39, 0.29) is 5.97 Å². The lowest BCUT2D eigenvalue weighted by Gasteiger charge is -2.24. The largest absolute Gasteiger partial charge is 0.453 e. The number of hydrogen-bond donors (Lipinski definition) is 1. The summed E-state index contributed by atoms with van der Waals surface area (Å²) in [6.45, 7) is 3.90. The van der Waals surface area contributed by atoms with Crippen LogP contribution in [0.3, 0.4) is 0 Å². The maximum absolute atomic E-state index is 12.5. The average Bonchev–Trinajstić information content (AvgIpc) is 2.92. The lowest BCUT2D eigenvalue weighted by atomic mass is 9.87. The number of cyclic esters (lactones) is 1. The van der Waals surface area contributed by atoms with Crippen molar-refractivity contribution in [2.45, 2.75) is 31.9 Å². The summed E-state index contributed by atoms with van der Waals surface area (Å²) in [7, 11) is 0. The number of hydrogen-bond acceptors (Lipinski definition) is 4. The fourth-order valence-electron chi connectivity index (χ4n) is 3.57. The third kappa shape index (κ3) is 2.97. The molecule has 1 saturated heterocycles. The monoisotopic (exact) mass is 410 g/mol. The van der Waals surface area contributed by atoms with E-state index in [0.717, 1.165) is 26.5 Å². The van der Waals surface area contributed by atoms with Crippen LogP contribution in [0.5, 0.6) is 0 Å². The molecule has 0 aliphatic carbocycles. The topological polar surface area (TPSA) is 51.2 Å². The molecule has 1 aliphatic rings. The second-order valence-corrected chi connectivity index (χ2v) is 7.70. The molecule has 132 valence electrons. The number of esters is 1. The number of carbonyl (C=O) groups excluding carboxylic acids is 1. The Hall–Kier alpha value is -2.40. The van der Waals surface area contributed by atoms with Crippen molar-refractivity contribution in [3.8, 4) is 0 Å². The highest BCUT2D eigenvalue weighted by atomic mass is 79.9. The van der Waals surface area contributed by atoms with Crippen LogP contribution in [0.4, 0.5) is 5.82 Å². The Balaban J connectivity index is 1.64. The number of halogens is 1. The predicted molar refractivity (Wildman–Crippen MR) is 106 cm³/mol. The molecule has 0 radical (unpaired) electrons. The van der Waals surface area contributed by atoms with Crippen LogP contribution in [0.15, 0.2) is 59.1 Å². The summed E-state index contributed by atoms with van der Waals surface area (Å²) >= 11 is 3.44. The van der Waals surface area contributed by atoms with Gasteiger partial charge in [0, 0.05) is 16.5 Å². The molecule has 0 spiro atoms. The van der Waals surface area contributed by atoms with Crippen molar-refractivity contribution < 1.29 is 9.53 Å². The smallest absolute Gasteiger partial charge is 0.329 e.